The Labute approximate surface area is 234 Å². The van der Waals surface area contributed by atoms with Crippen LogP contribution in [-0.2, 0) is 39.7 Å². The lowest BCUT2D eigenvalue weighted by Crippen LogP contribution is -2.15. The summed E-state index contributed by atoms with van der Waals surface area (Å²) in [5, 5.41) is 0.770. The lowest BCUT2D eigenvalue weighted by Gasteiger charge is -2.14. The third kappa shape index (κ3) is 6.80. The number of aromatic nitrogens is 1. The molecule has 2 aromatic heterocycles. The van der Waals surface area contributed by atoms with Crippen LogP contribution < -0.4 is 9.47 Å². The fourth-order valence-electron chi connectivity index (χ4n) is 4.05. The Morgan fingerprint density at radius 1 is 1.12 bits per heavy atom. The van der Waals surface area contributed by atoms with Gasteiger partial charge in [-0.2, -0.15) is 0 Å². The molecule has 2 heterocycles. The van der Waals surface area contributed by atoms with Crippen LogP contribution >= 0.6 is 0 Å². The summed E-state index contributed by atoms with van der Waals surface area (Å²) in [6.45, 7) is 7.54. The zero-order valence-corrected chi connectivity index (χ0v) is 24.1. The van der Waals surface area contributed by atoms with Crippen LogP contribution in [0.25, 0.3) is 22.1 Å². The molecule has 0 radical (unpaired) electrons. The molecule has 0 aliphatic rings. The molecule has 4 aromatic rings. The molecule has 2 aromatic carbocycles. The molecule has 0 saturated heterocycles. The van der Waals surface area contributed by atoms with E-state index >= 15 is 4.39 Å². The Balaban J connectivity index is 1.67. The summed E-state index contributed by atoms with van der Waals surface area (Å²) in [7, 11) is -0.343. The summed E-state index contributed by atoms with van der Waals surface area (Å²) in [6, 6.07) is 12.3. The Bertz CT molecular complexity index is 1600. The molecule has 4 rings (SSSR count). The topological polar surface area (TPSA) is 100 Å². The number of nitrogens with zero attached hydrogens (tertiary/aromatic N) is 2. The average molecular weight is 569 g/mol. The number of thiol groups is 1. The van der Waals surface area contributed by atoms with Crippen LogP contribution in [0.1, 0.15) is 44.5 Å². The Morgan fingerprint density at radius 2 is 1.93 bits per heavy atom. The molecule has 1 atom stereocenters. The largest absolute Gasteiger partial charge is 0.497 e. The fraction of sp³-hybridized carbons (Fsp3) is 0.333. The molecule has 0 aliphatic carbocycles. The second-order valence-corrected chi connectivity index (χ2v) is 12.3. The van der Waals surface area contributed by atoms with Crippen molar-refractivity contribution in [3.63, 3.8) is 0 Å². The summed E-state index contributed by atoms with van der Waals surface area (Å²) < 4.78 is 54.0. The zero-order chi connectivity index (χ0) is 28.9. The van der Waals surface area contributed by atoms with Crippen LogP contribution in [0.4, 0.5) is 4.39 Å². The first kappa shape index (κ1) is 29.1. The van der Waals surface area contributed by atoms with E-state index in [9.17, 15) is 9.00 Å². The minimum atomic E-state index is -1.89. The number of furan rings is 1. The summed E-state index contributed by atoms with van der Waals surface area (Å²) in [4.78, 5) is 16.3. The summed E-state index contributed by atoms with van der Waals surface area (Å²) in [6.07, 6.45) is 3.10. The molecule has 0 bridgehead atoms. The maximum absolute atomic E-state index is 15.7. The van der Waals surface area contributed by atoms with Crippen LogP contribution in [0.5, 0.6) is 11.5 Å². The zero-order valence-electron chi connectivity index (χ0n) is 23.2. The van der Waals surface area contributed by atoms with Gasteiger partial charge in [0.2, 0.25) is 0 Å². The fourth-order valence-corrected chi connectivity index (χ4v) is 4.73. The standard InChI is InChI=1S/C30H33FN2O6S/c1-6-37-27(34)15-20-7-8-22(36-5)16-26(20)39-18-19-13-21-10-12-38-29(21)24(14-19)23-9-11-32-25(28(23)31)17-33-40(35)30(2,3)4/h7-14,16,40H,6,15,17-18H2,1-5H3. The molecule has 0 N–H and O–H groups in total. The third-order valence-electron chi connectivity index (χ3n) is 6.09. The van der Waals surface area contributed by atoms with Gasteiger partial charge in [-0.15, -0.1) is 0 Å². The number of fused-ring (bicyclic) bond motifs is 1. The number of ether oxygens (including phenoxy) is 3. The minimum Gasteiger partial charge on any atom is -0.497 e. The SMILES string of the molecule is CCOC(=O)Cc1ccc(OC)cc1OCc1cc(-c2ccnc(C/N=[SH](=O)/C(C)(C)C)c2F)c2occc2c1. The monoisotopic (exact) mass is 568 g/mol. The summed E-state index contributed by atoms with van der Waals surface area (Å²) >= 11 is 0. The van der Waals surface area contributed by atoms with Gasteiger partial charge in [-0.3, -0.25) is 14.0 Å². The Morgan fingerprint density at radius 3 is 2.65 bits per heavy atom. The first-order valence-corrected chi connectivity index (χ1v) is 14.1. The smallest absolute Gasteiger partial charge is 0.310 e. The van der Waals surface area contributed by atoms with E-state index in [2.05, 4.69) is 9.35 Å². The van der Waals surface area contributed by atoms with Gasteiger partial charge in [0.05, 0.1) is 38.6 Å². The van der Waals surface area contributed by atoms with Gasteiger partial charge in [-0.05, 0) is 63.6 Å². The molecular formula is C30H33FN2O6S. The van der Waals surface area contributed by atoms with Crippen LogP contribution in [0.3, 0.4) is 0 Å². The molecule has 0 saturated carbocycles. The van der Waals surface area contributed by atoms with E-state index in [1.807, 2.05) is 26.8 Å². The molecule has 0 spiro atoms. The van der Waals surface area contributed by atoms with Crippen molar-refractivity contribution in [2.24, 2.45) is 4.36 Å². The van der Waals surface area contributed by atoms with Gasteiger partial charge in [0.25, 0.3) is 0 Å². The van der Waals surface area contributed by atoms with E-state index in [-0.39, 0.29) is 43.4 Å². The lowest BCUT2D eigenvalue weighted by molar-refractivity contribution is -0.142. The average Bonchev–Trinajstić information content (AvgIpc) is 3.40. The van der Waals surface area contributed by atoms with Gasteiger partial charge in [-0.25, -0.2) is 8.75 Å². The number of hydrogen-bond acceptors (Lipinski definition) is 8. The number of esters is 1. The van der Waals surface area contributed by atoms with Gasteiger partial charge in [0.15, 0.2) is 5.82 Å². The highest BCUT2D eigenvalue weighted by Crippen LogP contribution is 2.34. The number of benzene rings is 2. The number of carbonyl (C=O) groups excluding carboxylic acids is 1. The molecule has 10 heteroatoms. The van der Waals surface area contributed by atoms with Crippen LogP contribution in [-0.4, -0.2) is 33.6 Å². The second kappa shape index (κ2) is 12.5. The van der Waals surface area contributed by atoms with E-state index < -0.39 is 21.2 Å². The van der Waals surface area contributed by atoms with Gasteiger partial charge in [0.1, 0.15) is 23.7 Å². The number of methoxy groups -OCH3 is 1. The van der Waals surface area contributed by atoms with Crippen LogP contribution in [0, 0.1) is 5.82 Å². The van der Waals surface area contributed by atoms with Gasteiger partial charge < -0.3 is 18.6 Å². The summed E-state index contributed by atoms with van der Waals surface area (Å²) in [5.74, 6) is 0.151. The highest BCUT2D eigenvalue weighted by molar-refractivity contribution is 7.76. The maximum atomic E-state index is 15.7. The number of hydrogen-bond donors (Lipinski definition) is 1. The highest BCUT2D eigenvalue weighted by atomic mass is 32.2. The third-order valence-corrected chi connectivity index (χ3v) is 7.64. The van der Waals surface area contributed by atoms with Crippen molar-refractivity contribution in [1.29, 1.82) is 0 Å². The maximum Gasteiger partial charge on any atom is 0.310 e. The summed E-state index contributed by atoms with van der Waals surface area (Å²) in [5.41, 5.74) is 2.85. The Hall–Kier alpha value is -3.92. The predicted octanol–water partition coefficient (Wildman–Crippen LogP) is 6.29. The lowest BCUT2D eigenvalue weighted by atomic mass is 10.00. The Kier molecular flexibility index (Phi) is 9.09. The molecule has 212 valence electrons. The molecule has 0 aliphatic heterocycles. The van der Waals surface area contributed by atoms with E-state index in [0.717, 1.165) is 10.9 Å². The van der Waals surface area contributed by atoms with Gasteiger partial charge >= 0.3 is 5.97 Å². The molecule has 0 amide bonds. The second-order valence-electron chi connectivity index (χ2n) is 10.1. The van der Waals surface area contributed by atoms with E-state index in [4.69, 9.17) is 18.6 Å². The van der Waals surface area contributed by atoms with E-state index in [0.29, 0.717) is 28.2 Å². The van der Waals surface area contributed by atoms with Crippen molar-refractivity contribution in [2.45, 2.75) is 52.0 Å². The molecule has 40 heavy (non-hydrogen) atoms. The first-order valence-electron chi connectivity index (χ1n) is 12.8. The van der Waals surface area contributed by atoms with E-state index in [1.54, 1.807) is 56.7 Å². The van der Waals surface area contributed by atoms with Crippen LogP contribution in [0.15, 0.2) is 63.7 Å². The normalized spacial score (nSPS) is 12.4. The van der Waals surface area contributed by atoms with Gasteiger partial charge in [-0.1, -0.05) is 6.07 Å². The van der Waals surface area contributed by atoms with Crippen molar-refractivity contribution in [3.05, 3.63) is 77.6 Å². The van der Waals surface area contributed by atoms with Crippen molar-refractivity contribution >= 4 is 27.5 Å². The van der Waals surface area contributed by atoms with Crippen molar-refractivity contribution in [2.75, 3.05) is 13.7 Å². The first-order chi connectivity index (χ1) is 19.1. The molecule has 0 fully saturated rings. The van der Waals surface area contributed by atoms with Crippen molar-refractivity contribution in [3.8, 4) is 22.6 Å². The minimum absolute atomic E-state index is 0.0516. The van der Waals surface area contributed by atoms with Crippen molar-refractivity contribution in [1.82, 2.24) is 4.98 Å². The highest BCUT2D eigenvalue weighted by Gasteiger charge is 2.18. The molecule has 1 unspecified atom stereocenters. The van der Waals surface area contributed by atoms with Crippen molar-refractivity contribution < 1.29 is 32.0 Å². The molecular weight excluding hydrogens is 535 g/mol. The van der Waals surface area contributed by atoms with E-state index in [1.165, 1.54) is 6.20 Å². The number of carbonyl (C=O) groups is 1. The number of pyridine rings is 1. The predicted molar refractivity (Wildman–Crippen MR) is 152 cm³/mol. The number of rotatable bonds is 10. The van der Waals surface area contributed by atoms with Crippen LogP contribution in [0.2, 0.25) is 0 Å². The number of halogens is 1. The quantitative estimate of drug-likeness (QED) is 0.177. The van der Waals surface area contributed by atoms with Gasteiger partial charge in [0, 0.05) is 49.7 Å². The molecule has 8 nitrogen and oxygen atoms in total.